The van der Waals surface area contributed by atoms with Crippen molar-refractivity contribution in [2.24, 2.45) is 0 Å². The van der Waals surface area contributed by atoms with E-state index >= 15 is 0 Å². The Kier molecular flexibility index (Phi) is 22.3. The van der Waals surface area contributed by atoms with Gasteiger partial charge in [0.1, 0.15) is 13.2 Å². The average molecular weight is 947 g/mol. The molecule has 0 aliphatic carbocycles. The van der Waals surface area contributed by atoms with E-state index in [0.717, 1.165) is 122 Å². The summed E-state index contributed by atoms with van der Waals surface area (Å²) >= 11 is 0. The van der Waals surface area contributed by atoms with E-state index in [1.807, 2.05) is 0 Å². The fourth-order valence-corrected chi connectivity index (χ4v) is 10.5. The molecule has 15 unspecified atom stereocenters. The third-order valence-electron chi connectivity index (χ3n) is 15.3. The molecule has 67 heavy (non-hydrogen) atoms. The Morgan fingerprint density at radius 3 is 1.04 bits per heavy atom. The van der Waals surface area contributed by atoms with E-state index in [1.165, 1.54) is 51.4 Å². The van der Waals surface area contributed by atoms with Crippen LogP contribution in [0.4, 0.5) is 0 Å². The van der Waals surface area contributed by atoms with Crippen molar-refractivity contribution in [1.29, 1.82) is 0 Å². The summed E-state index contributed by atoms with van der Waals surface area (Å²) in [5, 5.41) is 0. The molecule has 13 nitrogen and oxygen atoms in total. The largest absolute Gasteiger partial charge is 0.462 e. The highest BCUT2D eigenvalue weighted by Gasteiger charge is 2.52. The lowest BCUT2D eigenvalue weighted by Gasteiger charge is -2.18. The molecule has 7 aliphatic heterocycles. The molecule has 0 aromatic rings. The number of ether oxygens (including phenoxy) is 10. The van der Waals surface area contributed by atoms with Crippen molar-refractivity contribution < 1.29 is 61.8 Å². The van der Waals surface area contributed by atoms with Gasteiger partial charge in [0.05, 0.1) is 85.5 Å². The fourth-order valence-electron chi connectivity index (χ4n) is 10.5. The predicted octanol–water partition coefficient (Wildman–Crippen LogP) is 10.5. The molecule has 0 aromatic heterocycles. The minimum Gasteiger partial charge on any atom is -0.462 e. The van der Waals surface area contributed by atoms with Gasteiger partial charge in [-0.2, -0.15) is 0 Å². The normalized spacial score (nSPS) is 33.2. The standard InChI is InChI=1S/C54H90O13/c1-4-7-8-9-12-17-24-40-41(63-40)25-18-13-10-15-20-28-52(55)58-35-37(60-54(57)30-23-22-27-43-47(65-43)34-51-49(67-51)32-45-39(6-3)62-45)36-59-53(56)29-21-16-11-14-19-26-42-46(64-42)33-50-48(66-50)31-44-38(5-2)61-44/h37-51H,4-36H2,1-3H3. The molecule has 13 heteroatoms. The van der Waals surface area contributed by atoms with Gasteiger partial charge in [-0.15, -0.1) is 0 Å². The van der Waals surface area contributed by atoms with Crippen LogP contribution in [0.2, 0.25) is 0 Å². The second-order valence-electron chi connectivity index (χ2n) is 21.1. The number of epoxide rings is 7. The van der Waals surface area contributed by atoms with Gasteiger partial charge in [-0.25, -0.2) is 0 Å². The minimum atomic E-state index is -0.835. The number of esters is 3. The van der Waals surface area contributed by atoms with Gasteiger partial charge in [0.2, 0.25) is 0 Å². The smallest absolute Gasteiger partial charge is 0.306 e. The summed E-state index contributed by atoms with van der Waals surface area (Å²) in [6, 6.07) is 0. The second kappa shape index (κ2) is 28.2. The highest BCUT2D eigenvalue weighted by molar-refractivity contribution is 5.71. The maximum Gasteiger partial charge on any atom is 0.306 e. The zero-order valence-electron chi connectivity index (χ0n) is 41.8. The van der Waals surface area contributed by atoms with Gasteiger partial charge in [-0.1, -0.05) is 117 Å². The van der Waals surface area contributed by atoms with Crippen LogP contribution in [0.1, 0.15) is 220 Å². The van der Waals surface area contributed by atoms with Crippen LogP contribution in [0.5, 0.6) is 0 Å². The summed E-state index contributed by atoms with van der Waals surface area (Å²) in [5.74, 6) is -1.02. The predicted molar refractivity (Wildman–Crippen MR) is 253 cm³/mol. The van der Waals surface area contributed by atoms with Crippen LogP contribution in [0, 0.1) is 0 Å². The lowest BCUT2D eigenvalue weighted by atomic mass is 10.0. The molecule has 384 valence electrons. The summed E-state index contributed by atoms with van der Waals surface area (Å²) in [7, 11) is 0. The van der Waals surface area contributed by atoms with Crippen LogP contribution in [0.25, 0.3) is 0 Å². The Morgan fingerprint density at radius 1 is 0.343 bits per heavy atom. The molecule has 0 radical (unpaired) electrons. The van der Waals surface area contributed by atoms with Crippen molar-refractivity contribution in [2.75, 3.05) is 13.2 Å². The van der Waals surface area contributed by atoms with E-state index < -0.39 is 6.10 Å². The van der Waals surface area contributed by atoms with Crippen LogP contribution in [0.3, 0.4) is 0 Å². The molecule has 0 amide bonds. The number of rotatable bonds is 43. The Labute approximate surface area is 403 Å². The van der Waals surface area contributed by atoms with Crippen molar-refractivity contribution in [3.05, 3.63) is 0 Å². The average Bonchev–Trinajstić information content (AvgIpc) is 4.10. The lowest BCUT2D eigenvalue weighted by Crippen LogP contribution is -2.30. The molecule has 7 rings (SSSR count). The first-order valence-electron chi connectivity index (χ1n) is 27.9. The van der Waals surface area contributed by atoms with E-state index in [0.29, 0.717) is 86.4 Å². The van der Waals surface area contributed by atoms with Gasteiger partial charge < -0.3 is 47.4 Å². The quantitative estimate of drug-likeness (QED) is 0.0245. The Bertz CT molecular complexity index is 1460. The van der Waals surface area contributed by atoms with Crippen LogP contribution < -0.4 is 0 Å². The Hall–Kier alpha value is -1.87. The second-order valence-corrected chi connectivity index (χ2v) is 21.1. The summed E-state index contributed by atoms with van der Waals surface area (Å²) in [6.07, 6.45) is 35.1. The third kappa shape index (κ3) is 20.8. The van der Waals surface area contributed by atoms with Gasteiger partial charge in [0.25, 0.3) is 0 Å². The number of unbranched alkanes of at least 4 members (excludes halogenated alkanes) is 14. The Balaban J connectivity index is 0.695. The third-order valence-corrected chi connectivity index (χ3v) is 15.3. The molecule has 7 fully saturated rings. The molecule has 0 N–H and O–H groups in total. The van der Waals surface area contributed by atoms with E-state index in [2.05, 4.69) is 20.8 Å². The molecule has 0 spiro atoms. The van der Waals surface area contributed by atoms with Crippen LogP contribution in [-0.2, 0) is 61.8 Å². The van der Waals surface area contributed by atoms with Gasteiger partial charge in [0, 0.05) is 44.9 Å². The molecule has 7 saturated heterocycles. The van der Waals surface area contributed by atoms with E-state index in [4.69, 9.17) is 47.4 Å². The van der Waals surface area contributed by atoms with Crippen LogP contribution in [-0.4, -0.2) is 123 Å². The maximum atomic E-state index is 12.9. The van der Waals surface area contributed by atoms with Gasteiger partial charge in [-0.05, 0) is 57.8 Å². The van der Waals surface area contributed by atoms with Crippen LogP contribution >= 0.6 is 0 Å². The fraction of sp³-hybridized carbons (Fsp3) is 0.944. The summed E-state index contributed by atoms with van der Waals surface area (Å²) < 4.78 is 57.7. The van der Waals surface area contributed by atoms with Crippen molar-refractivity contribution in [2.45, 2.75) is 311 Å². The van der Waals surface area contributed by atoms with Crippen LogP contribution in [0.15, 0.2) is 0 Å². The van der Waals surface area contributed by atoms with Crippen molar-refractivity contribution in [3.63, 3.8) is 0 Å². The zero-order chi connectivity index (χ0) is 46.8. The van der Waals surface area contributed by atoms with Gasteiger partial charge >= 0.3 is 17.9 Å². The number of carbonyl (C=O) groups excluding carboxylic acids is 3. The van der Waals surface area contributed by atoms with E-state index in [-0.39, 0.29) is 55.9 Å². The molecular weight excluding hydrogens is 857 g/mol. The topological polar surface area (TPSA) is 167 Å². The highest BCUT2D eigenvalue weighted by atomic mass is 16.6. The number of hydrogen-bond donors (Lipinski definition) is 0. The van der Waals surface area contributed by atoms with Crippen molar-refractivity contribution >= 4 is 17.9 Å². The first-order valence-corrected chi connectivity index (χ1v) is 27.9. The highest BCUT2D eigenvalue weighted by Crippen LogP contribution is 2.43. The molecule has 15 atom stereocenters. The summed E-state index contributed by atoms with van der Waals surface area (Å²) in [5.41, 5.74) is 0. The maximum absolute atomic E-state index is 12.9. The number of hydrogen-bond acceptors (Lipinski definition) is 13. The van der Waals surface area contributed by atoms with Gasteiger partial charge in [0.15, 0.2) is 6.10 Å². The minimum absolute atomic E-state index is 0.123. The van der Waals surface area contributed by atoms with Crippen molar-refractivity contribution in [1.82, 2.24) is 0 Å². The van der Waals surface area contributed by atoms with E-state index in [9.17, 15) is 14.4 Å². The number of carbonyl (C=O) groups is 3. The summed E-state index contributed by atoms with van der Waals surface area (Å²) in [4.78, 5) is 38.4. The van der Waals surface area contributed by atoms with E-state index in [1.54, 1.807) is 0 Å². The monoisotopic (exact) mass is 947 g/mol. The molecular formula is C54H90O13. The molecule has 7 aliphatic rings. The molecule has 7 heterocycles. The first kappa shape index (κ1) is 52.9. The molecule has 0 bridgehead atoms. The Morgan fingerprint density at radius 2 is 0.627 bits per heavy atom. The SMILES string of the molecule is CCCCCCCCC1OC1CCCCCCCC(=O)OCC(COC(=O)CCCCCCCC1OC1CC1OC1CC1OC1CC)OC(=O)CCCCC1OC1CC1OC1CC1OC1CC. The molecule has 0 aromatic carbocycles. The van der Waals surface area contributed by atoms with Crippen molar-refractivity contribution in [3.8, 4) is 0 Å². The first-order chi connectivity index (χ1) is 32.8. The lowest BCUT2D eigenvalue weighted by molar-refractivity contribution is -0.167. The zero-order valence-corrected chi connectivity index (χ0v) is 41.8. The summed E-state index contributed by atoms with van der Waals surface area (Å²) in [6.45, 7) is 6.34. The van der Waals surface area contributed by atoms with Gasteiger partial charge in [-0.3, -0.25) is 14.4 Å². The molecule has 0 saturated carbocycles.